The third-order valence-electron chi connectivity index (χ3n) is 2.82. The summed E-state index contributed by atoms with van der Waals surface area (Å²) in [5.74, 6) is 1.06. The first-order valence-corrected chi connectivity index (χ1v) is 9.44. The second kappa shape index (κ2) is 6.91. The van der Waals surface area contributed by atoms with Crippen LogP contribution >= 0.6 is 11.8 Å². The Balaban J connectivity index is 2.10. The van der Waals surface area contributed by atoms with E-state index < -0.39 is 9.84 Å². The maximum Gasteiger partial charge on any atom is 0.175 e. The van der Waals surface area contributed by atoms with Gasteiger partial charge in [-0.1, -0.05) is 19.1 Å². The lowest BCUT2D eigenvalue weighted by Gasteiger charge is -2.00. The molecule has 0 aliphatic heterocycles. The Labute approximate surface area is 130 Å². The van der Waals surface area contributed by atoms with Gasteiger partial charge in [0.15, 0.2) is 9.84 Å². The summed E-state index contributed by atoms with van der Waals surface area (Å²) in [6.45, 7) is 2.13. The Morgan fingerprint density at radius 2 is 1.67 bits per heavy atom. The normalized spacial score (nSPS) is 11.9. The van der Waals surface area contributed by atoms with Crippen LogP contribution in [0.15, 0.2) is 63.3 Å². The van der Waals surface area contributed by atoms with Crippen LogP contribution in [0.2, 0.25) is 0 Å². The number of hydrogen-bond acceptors (Lipinski definition) is 4. The molecular weight excluding hydrogens is 302 g/mol. The van der Waals surface area contributed by atoms with Crippen LogP contribution in [0.3, 0.4) is 0 Å². The molecule has 3 nitrogen and oxygen atoms in total. The number of sulfone groups is 1. The predicted molar refractivity (Wildman–Crippen MR) is 89.6 cm³/mol. The van der Waals surface area contributed by atoms with Crippen LogP contribution in [0.25, 0.3) is 0 Å². The average molecular weight is 319 g/mol. The zero-order chi connectivity index (χ0) is 15.3. The number of aliphatic imine (C=N–C) groups is 1. The summed E-state index contributed by atoms with van der Waals surface area (Å²) < 4.78 is 22.7. The average Bonchev–Trinajstić information content (AvgIpc) is 2.46. The number of rotatable bonds is 5. The zero-order valence-corrected chi connectivity index (χ0v) is 13.6. The molecule has 0 amide bonds. The van der Waals surface area contributed by atoms with Gasteiger partial charge in [-0.15, -0.1) is 11.8 Å². The summed E-state index contributed by atoms with van der Waals surface area (Å²) >= 11 is 1.80. The molecule has 2 rings (SSSR count). The maximum absolute atomic E-state index is 11.4. The van der Waals surface area contributed by atoms with Gasteiger partial charge in [0.25, 0.3) is 0 Å². The van der Waals surface area contributed by atoms with Crippen molar-refractivity contribution in [2.45, 2.75) is 16.7 Å². The van der Waals surface area contributed by atoms with Crippen LogP contribution in [0.5, 0.6) is 0 Å². The second-order valence-electron chi connectivity index (χ2n) is 4.53. The molecular formula is C16H17NO2S2. The van der Waals surface area contributed by atoms with Crippen molar-refractivity contribution in [2.75, 3.05) is 12.0 Å². The molecule has 0 saturated heterocycles. The topological polar surface area (TPSA) is 46.5 Å². The van der Waals surface area contributed by atoms with Crippen molar-refractivity contribution < 1.29 is 8.42 Å². The van der Waals surface area contributed by atoms with E-state index in [1.807, 2.05) is 12.1 Å². The van der Waals surface area contributed by atoms with E-state index in [-0.39, 0.29) is 0 Å². The Morgan fingerprint density at radius 3 is 2.19 bits per heavy atom. The third kappa shape index (κ3) is 4.72. The summed E-state index contributed by atoms with van der Waals surface area (Å²) in [6.07, 6.45) is 2.97. The largest absolute Gasteiger partial charge is 0.256 e. The van der Waals surface area contributed by atoms with E-state index in [0.29, 0.717) is 4.90 Å². The lowest BCUT2D eigenvalue weighted by molar-refractivity contribution is 0.602. The quantitative estimate of drug-likeness (QED) is 0.619. The van der Waals surface area contributed by atoms with E-state index in [1.165, 1.54) is 11.2 Å². The van der Waals surface area contributed by atoms with Gasteiger partial charge in [0.2, 0.25) is 0 Å². The van der Waals surface area contributed by atoms with Crippen molar-refractivity contribution in [2.24, 2.45) is 4.99 Å². The highest BCUT2D eigenvalue weighted by atomic mass is 32.2. The molecule has 0 fully saturated rings. The van der Waals surface area contributed by atoms with Crippen molar-refractivity contribution in [1.29, 1.82) is 0 Å². The first kappa shape index (κ1) is 15.8. The summed E-state index contributed by atoms with van der Waals surface area (Å²) in [6, 6.07) is 14.7. The van der Waals surface area contributed by atoms with Gasteiger partial charge < -0.3 is 0 Å². The van der Waals surface area contributed by atoms with Gasteiger partial charge in [-0.25, -0.2) is 8.42 Å². The predicted octanol–water partition coefficient (Wildman–Crippen LogP) is 3.95. The molecule has 0 aliphatic rings. The molecule has 0 atom stereocenters. The SMILES string of the molecule is CCSc1ccc(C=Nc2ccc(S(C)(=O)=O)cc2)cc1. The molecule has 2 aromatic rings. The second-order valence-corrected chi connectivity index (χ2v) is 7.88. The highest BCUT2D eigenvalue weighted by Gasteiger charge is 2.05. The number of thioether (sulfide) groups is 1. The molecule has 0 radical (unpaired) electrons. The van der Waals surface area contributed by atoms with E-state index in [4.69, 9.17) is 0 Å². The van der Waals surface area contributed by atoms with Gasteiger partial charge in [-0.05, 0) is 47.7 Å². The fraction of sp³-hybridized carbons (Fsp3) is 0.188. The van der Waals surface area contributed by atoms with Gasteiger partial charge in [-0.2, -0.15) is 0 Å². The minimum atomic E-state index is -3.15. The Hall–Kier alpha value is -1.59. The molecule has 5 heteroatoms. The highest BCUT2D eigenvalue weighted by Crippen LogP contribution is 2.19. The molecule has 0 spiro atoms. The molecule has 0 N–H and O–H groups in total. The van der Waals surface area contributed by atoms with E-state index in [9.17, 15) is 8.42 Å². The molecule has 0 aliphatic carbocycles. The van der Waals surface area contributed by atoms with E-state index in [0.717, 1.165) is 17.0 Å². The van der Waals surface area contributed by atoms with Crippen LogP contribution in [0.1, 0.15) is 12.5 Å². The minimum Gasteiger partial charge on any atom is -0.256 e. The van der Waals surface area contributed by atoms with Crippen LogP contribution in [-0.4, -0.2) is 26.6 Å². The van der Waals surface area contributed by atoms with E-state index >= 15 is 0 Å². The van der Waals surface area contributed by atoms with Crippen LogP contribution in [0.4, 0.5) is 5.69 Å². The molecule has 110 valence electrons. The van der Waals surface area contributed by atoms with Gasteiger partial charge in [0.1, 0.15) is 0 Å². The smallest absolute Gasteiger partial charge is 0.175 e. The number of nitrogens with zero attached hydrogens (tertiary/aromatic N) is 1. The van der Waals surface area contributed by atoms with Crippen molar-refractivity contribution in [3.63, 3.8) is 0 Å². The molecule has 0 heterocycles. The first-order chi connectivity index (χ1) is 9.99. The molecule has 0 unspecified atom stereocenters. The summed E-state index contributed by atoms with van der Waals surface area (Å²) in [5.41, 5.74) is 1.75. The van der Waals surface area contributed by atoms with Crippen molar-refractivity contribution >= 4 is 33.5 Å². The first-order valence-electron chi connectivity index (χ1n) is 6.56. The van der Waals surface area contributed by atoms with Crippen LogP contribution < -0.4 is 0 Å². The zero-order valence-electron chi connectivity index (χ0n) is 12.0. The number of benzene rings is 2. The molecule has 0 bridgehead atoms. The van der Waals surface area contributed by atoms with E-state index in [1.54, 1.807) is 42.2 Å². The summed E-state index contributed by atoms with van der Waals surface area (Å²) in [4.78, 5) is 5.90. The lowest BCUT2D eigenvalue weighted by Crippen LogP contribution is -1.95. The summed E-state index contributed by atoms with van der Waals surface area (Å²) in [5, 5.41) is 0. The van der Waals surface area contributed by atoms with Gasteiger partial charge in [-0.3, -0.25) is 4.99 Å². The highest BCUT2D eigenvalue weighted by molar-refractivity contribution is 7.99. The Bertz CT molecular complexity index is 718. The fourth-order valence-electron chi connectivity index (χ4n) is 1.75. The monoisotopic (exact) mass is 319 g/mol. The van der Waals surface area contributed by atoms with Crippen molar-refractivity contribution in [3.05, 3.63) is 54.1 Å². The summed E-state index contributed by atoms with van der Waals surface area (Å²) in [7, 11) is -3.15. The van der Waals surface area contributed by atoms with Gasteiger partial charge >= 0.3 is 0 Å². The molecule has 21 heavy (non-hydrogen) atoms. The number of hydrogen-bond donors (Lipinski definition) is 0. The minimum absolute atomic E-state index is 0.308. The standard InChI is InChI=1S/C16H17NO2S2/c1-3-20-15-8-4-13(5-9-15)12-17-14-6-10-16(11-7-14)21(2,18)19/h4-12H,3H2,1-2H3. The molecule has 0 saturated carbocycles. The van der Waals surface area contributed by atoms with Crippen LogP contribution in [0, 0.1) is 0 Å². The molecule has 0 aromatic heterocycles. The lowest BCUT2D eigenvalue weighted by atomic mass is 10.2. The fourth-order valence-corrected chi connectivity index (χ4v) is 3.04. The van der Waals surface area contributed by atoms with E-state index in [2.05, 4.69) is 24.0 Å². The van der Waals surface area contributed by atoms with Crippen LogP contribution in [-0.2, 0) is 9.84 Å². The maximum atomic E-state index is 11.4. The van der Waals surface area contributed by atoms with Gasteiger partial charge in [0, 0.05) is 17.4 Å². The third-order valence-corrected chi connectivity index (χ3v) is 4.84. The Kier molecular flexibility index (Phi) is 5.20. The Morgan fingerprint density at radius 1 is 1.05 bits per heavy atom. The van der Waals surface area contributed by atoms with Crippen molar-refractivity contribution in [3.8, 4) is 0 Å². The molecule has 2 aromatic carbocycles. The van der Waals surface area contributed by atoms with Gasteiger partial charge in [0.05, 0.1) is 10.6 Å². The van der Waals surface area contributed by atoms with Crippen molar-refractivity contribution in [1.82, 2.24) is 0 Å².